The summed E-state index contributed by atoms with van der Waals surface area (Å²) in [4.78, 5) is 0. The van der Waals surface area contributed by atoms with Gasteiger partial charge in [0.2, 0.25) is 5.52 Å². The SMILES string of the molecule is Cc1cc(-c2ccc(OC(F)(F)F)cc2)cc2c3ccccc3c[n+](C)c12.[Cl-]. The maximum atomic E-state index is 12.4. The molecule has 0 aliphatic carbocycles. The summed E-state index contributed by atoms with van der Waals surface area (Å²) in [6.45, 7) is 2.04. The van der Waals surface area contributed by atoms with E-state index in [1.54, 1.807) is 12.1 Å². The number of hydrogen-bond acceptors (Lipinski definition) is 1. The minimum Gasteiger partial charge on any atom is -1.00 e. The van der Waals surface area contributed by atoms with Crippen LogP contribution in [0.2, 0.25) is 0 Å². The van der Waals surface area contributed by atoms with Crippen molar-refractivity contribution < 1.29 is 34.9 Å². The van der Waals surface area contributed by atoms with Crippen molar-refractivity contribution >= 4 is 21.7 Å². The van der Waals surface area contributed by atoms with E-state index in [-0.39, 0.29) is 18.2 Å². The number of pyridine rings is 1. The number of ether oxygens (including phenoxy) is 1. The van der Waals surface area contributed by atoms with Crippen LogP contribution in [0, 0.1) is 6.92 Å². The van der Waals surface area contributed by atoms with Gasteiger partial charge in [-0.25, -0.2) is 4.57 Å². The van der Waals surface area contributed by atoms with Gasteiger partial charge in [-0.1, -0.05) is 30.3 Å². The van der Waals surface area contributed by atoms with E-state index in [0.717, 1.165) is 38.4 Å². The van der Waals surface area contributed by atoms with Crippen molar-refractivity contribution in [2.45, 2.75) is 13.3 Å². The van der Waals surface area contributed by atoms with Crippen LogP contribution in [0.5, 0.6) is 5.75 Å². The van der Waals surface area contributed by atoms with Gasteiger partial charge in [0.15, 0.2) is 6.20 Å². The number of aromatic nitrogens is 1. The molecule has 4 aromatic rings. The Morgan fingerprint density at radius 2 is 1.54 bits per heavy atom. The van der Waals surface area contributed by atoms with Gasteiger partial charge in [-0.3, -0.25) is 0 Å². The van der Waals surface area contributed by atoms with E-state index in [4.69, 9.17) is 0 Å². The summed E-state index contributed by atoms with van der Waals surface area (Å²) in [6, 6.07) is 18.3. The summed E-state index contributed by atoms with van der Waals surface area (Å²) >= 11 is 0. The summed E-state index contributed by atoms with van der Waals surface area (Å²) in [5.74, 6) is -0.222. The van der Waals surface area contributed by atoms with Crippen molar-refractivity contribution in [3.63, 3.8) is 0 Å². The molecule has 0 N–H and O–H groups in total. The van der Waals surface area contributed by atoms with Gasteiger partial charge >= 0.3 is 6.36 Å². The molecule has 0 bridgehead atoms. The molecule has 6 heteroatoms. The van der Waals surface area contributed by atoms with Crippen molar-refractivity contribution in [2.24, 2.45) is 7.05 Å². The second-order valence-corrected chi connectivity index (χ2v) is 6.59. The Hall–Kier alpha value is -2.79. The quantitative estimate of drug-likeness (QED) is 0.370. The molecule has 28 heavy (non-hydrogen) atoms. The Balaban J connectivity index is 0.00000225. The lowest BCUT2D eigenvalue weighted by molar-refractivity contribution is -0.643. The summed E-state index contributed by atoms with van der Waals surface area (Å²) in [7, 11) is 2.02. The third-order valence-corrected chi connectivity index (χ3v) is 4.66. The molecule has 0 atom stereocenters. The molecule has 144 valence electrons. The number of aryl methyl sites for hydroxylation is 2. The second-order valence-electron chi connectivity index (χ2n) is 6.59. The van der Waals surface area contributed by atoms with E-state index in [2.05, 4.69) is 39.8 Å². The first-order valence-corrected chi connectivity index (χ1v) is 8.50. The Bertz CT molecular complexity index is 1150. The largest absolute Gasteiger partial charge is 1.00 e. The first-order chi connectivity index (χ1) is 12.8. The summed E-state index contributed by atoms with van der Waals surface area (Å²) < 4.78 is 43.1. The maximum absolute atomic E-state index is 12.4. The average molecular weight is 404 g/mol. The van der Waals surface area contributed by atoms with Crippen molar-refractivity contribution in [3.8, 4) is 16.9 Å². The van der Waals surface area contributed by atoms with Crippen LogP contribution in [0.25, 0.3) is 32.8 Å². The molecule has 0 spiro atoms. The molecule has 0 fully saturated rings. The predicted molar refractivity (Wildman–Crippen MR) is 99.5 cm³/mol. The monoisotopic (exact) mass is 403 g/mol. The van der Waals surface area contributed by atoms with Crippen LogP contribution >= 0.6 is 0 Å². The molecule has 2 nitrogen and oxygen atoms in total. The predicted octanol–water partition coefficient (Wildman–Crippen LogP) is 2.70. The van der Waals surface area contributed by atoms with Gasteiger partial charge in [0, 0.05) is 16.3 Å². The first-order valence-electron chi connectivity index (χ1n) is 8.50. The number of rotatable bonds is 2. The van der Waals surface area contributed by atoms with Gasteiger partial charge in [-0.2, -0.15) is 0 Å². The zero-order valence-electron chi connectivity index (χ0n) is 15.2. The van der Waals surface area contributed by atoms with Crippen LogP contribution in [0.4, 0.5) is 13.2 Å². The molecular weight excluding hydrogens is 387 g/mol. The lowest BCUT2D eigenvalue weighted by Gasteiger charge is -2.11. The molecule has 0 radical (unpaired) electrons. The Labute approximate surface area is 166 Å². The van der Waals surface area contributed by atoms with E-state index < -0.39 is 6.36 Å². The van der Waals surface area contributed by atoms with E-state index in [9.17, 15) is 13.2 Å². The van der Waals surface area contributed by atoms with Crippen LogP contribution < -0.4 is 21.7 Å². The fourth-order valence-electron chi connectivity index (χ4n) is 3.60. The third-order valence-electron chi connectivity index (χ3n) is 4.66. The van der Waals surface area contributed by atoms with Gasteiger partial charge < -0.3 is 17.1 Å². The van der Waals surface area contributed by atoms with Gasteiger partial charge in [0.1, 0.15) is 12.8 Å². The molecular formula is C22H17ClF3NO. The first kappa shape index (κ1) is 20.0. The van der Waals surface area contributed by atoms with E-state index in [0.29, 0.717) is 0 Å². The van der Waals surface area contributed by atoms with Crippen LogP contribution in [0.15, 0.2) is 66.9 Å². The highest BCUT2D eigenvalue weighted by atomic mass is 35.5. The van der Waals surface area contributed by atoms with Crippen molar-refractivity contribution in [3.05, 3.63) is 72.4 Å². The van der Waals surface area contributed by atoms with Crippen LogP contribution in [0.1, 0.15) is 5.56 Å². The zero-order valence-corrected chi connectivity index (χ0v) is 16.0. The Kier molecular flexibility index (Phi) is 5.22. The molecule has 0 saturated heterocycles. The summed E-state index contributed by atoms with van der Waals surface area (Å²) in [6.07, 6.45) is -2.58. The minimum atomic E-state index is -4.69. The zero-order chi connectivity index (χ0) is 19.2. The highest BCUT2D eigenvalue weighted by molar-refractivity contribution is 6.06. The summed E-state index contributed by atoms with van der Waals surface area (Å²) in [5, 5.41) is 3.40. The highest BCUT2D eigenvalue weighted by Crippen LogP contribution is 2.32. The highest BCUT2D eigenvalue weighted by Gasteiger charge is 2.31. The molecule has 0 saturated carbocycles. The molecule has 0 unspecified atom stereocenters. The molecule has 1 heterocycles. The fourth-order valence-corrected chi connectivity index (χ4v) is 3.60. The Morgan fingerprint density at radius 3 is 2.21 bits per heavy atom. The Morgan fingerprint density at radius 1 is 0.857 bits per heavy atom. The van der Waals surface area contributed by atoms with E-state index in [1.807, 2.05) is 26.1 Å². The van der Waals surface area contributed by atoms with Crippen LogP contribution in [-0.2, 0) is 7.05 Å². The minimum absolute atomic E-state index is 0. The van der Waals surface area contributed by atoms with Crippen LogP contribution in [0.3, 0.4) is 0 Å². The smallest absolute Gasteiger partial charge is 0.573 e. The summed E-state index contributed by atoms with van der Waals surface area (Å²) in [5.41, 5.74) is 4.03. The normalized spacial score (nSPS) is 11.5. The average Bonchev–Trinajstić information content (AvgIpc) is 2.60. The van der Waals surface area contributed by atoms with Gasteiger partial charge in [0.25, 0.3) is 0 Å². The van der Waals surface area contributed by atoms with E-state index >= 15 is 0 Å². The second kappa shape index (κ2) is 7.32. The molecule has 0 aliphatic rings. The number of hydrogen-bond donors (Lipinski definition) is 0. The lowest BCUT2D eigenvalue weighted by atomic mass is 9.97. The van der Waals surface area contributed by atoms with Gasteiger partial charge in [-0.15, -0.1) is 13.2 Å². The molecule has 3 aromatic carbocycles. The lowest BCUT2D eigenvalue weighted by Crippen LogP contribution is -3.00. The molecule has 4 rings (SSSR count). The standard InChI is InChI=1S/C22H17F3NO.ClH/c1-14-11-17(15-7-9-18(10-8-15)27-22(23,24)25)12-20-19-6-4-3-5-16(19)13-26(2)21(14)20;/h3-13H,1-2H3;1H/q+1;/p-1. The van der Waals surface area contributed by atoms with Gasteiger partial charge in [-0.05, 0) is 48.4 Å². The maximum Gasteiger partial charge on any atom is 0.573 e. The number of nitrogens with zero attached hydrogens (tertiary/aromatic N) is 1. The fraction of sp³-hybridized carbons (Fsp3) is 0.136. The third kappa shape index (κ3) is 3.76. The molecule has 1 aromatic heterocycles. The number of benzene rings is 3. The van der Waals surface area contributed by atoms with Gasteiger partial charge in [0.05, 0.1) is 5.39 Å². The van der Waals surface area contributed by atoms with E-state index in [1.165, 1.54) is 12.1 Å². The van der Waals surface area contributed by atoms with Crippen molar-refractivity contribution in [1.29, 1.82) is 0 Å². The molecule has 0 aliphatic heterocycles. The van der Waals surface area contributed by atoms with Crippen molar-refractivity contribution in [1.82, 2.24) is 0 Å². The van der Waals surface area contributed by atoms with Crippen LogP contribution in [-0.4, -0.2) is 6.36 Å². The number of fused-ring (bicyclic) bond motifs is 3. The number of alkyl halides is 3. The number of halogens is 4. The van der Waals surface area contributed by atoms with Crippen molar-refractivity contribution in [2.75, 3.05) is 0 Å². The molecule has 0 amide bonds. The topological polar surface area (TPSA) is 13.1 Å².